The molecule has 2 nitrogen and oxygen atoms in total. The van der Waals surface area contributed by atoms with E-state index in [0.717, 1.165) is 31.8 Å². The van der Waals surface area contributed by atoms with E-state index in [0.29, 0.717) is 0 Å². The minimum atomic E-state index is -0.521. The van der Waals surface area contributed by atoms with E-state index in [2.05, 4.69) is 26.1 Å². The molecule has 0 saturated heterocycles. The van der Waals surface area contributed by atoms with Crippen molar-refractivity contribution < 1.29 is 5.11 Å². The Kier molecular flexibility index (Phi) is 7.20. The molecular formula is C12H27NO. The molecule has 0 amide bonds. The molecule has 1 atom stereocenters. The molecule has 0 aliphatic rings. The van der Waals surface area contributed by atoms with E-state index in [4.69, 9.17) is 0 Å². The average molecular weight is 201 g/mol. The normalized spacial score (nSPS) is 15.9. The SMILES string of the molecule is CCCC(C)(O)CNCCCC(C)C. The second-order valence-corrected chi connectivity index (χ2v) is 4.96. The lowest BCUT2D eigenvalue weighted by Crippen LogP contribution is -2.38. The van der Waals surface area contributed by atoms with Crippen LogP contribution in [0, 0.1) is 5.92 Å². The van der Waals surface area contributed by atoms with Gasteiger partial charge in [0.15, 0.2) is 0 Å². The zero-order valence-electron chi connectivity index (χ0n) is 10.3. The highest BCUT2D eigenvalue weighted by Crippen LogP contribution is 2.10. The fourth-order valence-corrected chi connectivity index (χ4v) is 1.62. The first-order chi connectivity index (χ1) is 6.48. The highest BCUT2D eigenvalue weighted by atomic mass is 16.3. The summed E-state index contributed by atoms with van der Waals surface area (Å²) in [6.07, 6.45) is 4.40. The van der Waals surface area contributed by atoms with Crippen LogP contribution in [0.2, 0.25) is 0 Å². The van der Waals surface area contributed by atoms with Gasteiger partial charge >= 0.3 is 0 Å². The van der Waals surface area contributed by atoms with E-state index in [9.17, 15) is 5.11 Å². The van der Waals surface area contributed by atoms with Crippen LogP contribution in [0.5, 0.6) is 0 Å². The van der Waals surface area contributed by atoms with Crippen molar-refractivity contribution in [3.63, 3.8) is 0 Å². The number of nitrogens with one attached hydrogen (secondary N) is 1. The predicted molar refractivity (Wildman–Crippen MR) is 62.5 cm³/mol. The maximum atomic E-state index is 9.86. The van der Waals surface area contributed by atoms with Gasteiger partial charge in [0.1, 0.15) is 0 Å². The molecule has 0 heterocycles. The van der Waals surface area contributed by atoms with Gasteiger partial charge in [0.05, 0.1) is 5.60 Å². The van der Waals surface area contributed by atoms with Crippen molar-refractivity contribution in [3.8, 4) is 0 Å². The summed E-state index contributed by atoms with van der Waals surface area (Å²) in [5.41, 5.74) is -0.521. The minimum absolute atomic E-state index is 0.521. The van der Waals surface area contributed by atoms with Crippen molar-refractivity contribution >= 4 is 0 Å². The van der Waals surface area contributed by atoms with E-state index in [1.54, 1.807) is 0 Å². The first-order valence-electron chi connectivity index (χ1n) is 5.91. The molecule has 0 saturated carbocycles. The molecule has 0 aromatic carbocycles. The lowest BCUT2D eigenvalue weighted by Gasteiger charge is -2.23. The number of hydrogen-bond donors (Lipinski definition) is 2. The van der Waals surface area contributed by atoms with Crippen LogP contribution in [0.25, 0.3) is 0 Å². The highest BCUT2D eigenvalue weighted by molar-refractivity contribution is 4.74. The third kappa shape index (κ3) is 8.52. The molecule has 0 aliphatic heterocycles. The molecule has 0 radical (unpaired) electrons. The third-order valence-corrected chi connectivity index (χ3v) is 2.43. The van der Waals surface area contributed by atoms with Crippen LogP contribution >= 0.6 is 0 Å². The third-order valence-electron chi connectivity index (χ3n) is 2.43. The van der Waals surface area contributed by atoms with Gasteiger partial charge in [-0.1, -0.05) is 27.2 Å². The first kappa shape index (κ1) is 13.9. The average Bonchev–Trinajstić information content (AvgIpc) is 2.02. The summed E-state index contributed by atoms with van der Waals surface area (Å²) in [5, 5.41) is 13.2. The van der Waals surface area contributed by atoms with Crippen LogP contribution in [-0.2, 0) is 0 Å². The van der Waals surface area contributed by atoms with Crippen LogP contribution in [0.4, 0.5) is 0 Å². The molecule has 2 N–H and O–H groups in total. The molecule has 0 aromatic rings. The van der Waals surface area contributed by atoms with Crippen molar-refractivity contribution in [2.24, 2.45) is 5.92 Å². The van der Waals surface area contributed by atoms with Crippen molar-refractivity contribution in [1.29, 1.82) is 0 Å². The second kappa shape index (κ2) is 7.24. The van der Waals surface area contributed by atoms with E-state index >= 15 is 0 Å². The summed E-state index contributed by atoms with van der Waals surface area (Å²) in [6, 6.07) is 0. The molecule has 1 unspecified atom stereocenters. The van der Waals surface area contributed by atoms with E-state index in [1.165, 1.54) is 12.8 Å². The number of rotatable bonds is 8. The summed E-state index contributed by atoms with van der Waals surface area (Å²) in [5.74, 6) is 0.785. The highest BCUT2D eigenvalue weighted by Gasteiger charge is 2.17. The van der Waals surface area contributed by atoms with Crippen LogP contribution in [0.3, 0.4) is 0 Å². The Morgan fingerprint density at radius 2 is 2.00 bits per heavy atom. The molecule has 14 heavy (non-hydrogen) atoms. The van der Waals surface area contributed by atoms with Crippen LogP contribution in [0.15, 0.2) is 0 Å². The molecule has 0 aromatic heterocycles. The van der Waals surface area contributed by atoms with Crippen LogP contribution in [-0.4, -0.2) is 23.8 Å². The van der Waals surface area contributed by atoms with Gasteiger partial charge in [-0.2, -0.15) is 0 Å². The van der Waals surface area contributed by atoms with Gasteiger partial charge in [-0.25, -0.2) is 0 Å². The summed E-state index contributed by atoms with van der Waals surface area (Å²) >= 11 is 0. The van der Waals surface area contributed by atoms with Crippen LogP contribution < -0.4 is 5.32 Å². The monoisotopic (exact) mass is 201 g/mol. The zero-order valence-corrected chi connectivity index (χ0v) is 10.3. The van der Waals surface area contributed by atoms with Gasteiger partial charge < -0.3 is 10.4 Å². The van der Waals surface area contributed by atoms with E-state index in [-0.39, 0.29) is 0 Å². The fourth-order valence-electron chi connectivity index (χ4n) is 1.62. The van der Waals surface area contributed by atoms with E-state index in [1.807, 2.05) is 6.92 Å². The Bertz CT molecular complexity index is 132. The number of hydrogen-bond acceptors (Lipinski definition) is 2. The summed E-state index contributed by atoms with van der Waals surface area (Å²) in [4.78, 5) is 0. The largest absolute Gasteiger partial charge is 0.389 e. The Morgan fingerprint density at radius 3 is 2.50 bits per heavy atom. The second-order valence-electron chi connectivity index (χ2n) is 4.96. The fraction of sp³-hybridized carbons (Fsp3) is 1.00. The topological polar surface area (TPSA) is 32.3 Å². The van der Waals surface area contributed by atoms with Gasteiger partial charge in [0, 0.05) is 6.54 Å². The smallest absolute Gasteiger partial charge is 0.0743 e. The summed E-state index contributed by atoms with van der Waals surface area (Å²) < 4.78 is 0. The Labute approximate surface area is 89.1 Å². The molecule has 2 heteroatoms. The van der Waals surface area contributed by atoms with Crippen molar-refractivity contribution in [2.45, 2.75) is 59.0 Å². The minimum Gasteiger partial charge on any atom is -0.389 e. The number of aliphatic hydroxyl groups is 1. The molecule has 0 spiro atoms. The first-order valence-corrected chi connectivity index (χ1v) is 5.91. The quantitative estimate of drug-likeness (QED) is 0.592. The van der Waals surface area contributed by atoms with Gasteiger partial charge in [-0.3, -0.25) is 0 Å². The van der Waals surface area contributed by atoms with Crippen molar-refractivity contribution in [2.75, 3.05) is 13.1 Å². The summed E-state index contributed by atoms with van der Waals surface area (Å²) in [6.45, 7) is 10.2. The predicted octanol–water partition coefficient (Wildman–Crippen LogP) is 2.56. The van der Waals surface area contributed by atoms with E-state index < -0.39 is 5.60 Å². The summed E-state index contributed by atoms with van der Waals surface area (Å²) in [7, 11) is 0. The van der Waals surface area contributed by atoms with Gasteiger partial charge in [0.25, 0.3) is 0 Å². The molecule has 0 fully saturated rings. The lowest BCUT2D eigenvalue weighted by molar-refractivity contribution is 0.0501. The molecule has 0 aliphatic carbocycles. The molecule has 86 valence electrons. The zero-order chi connectivity index (χ0) is 11.0. The maximum absolute atomic E-state index is 9.86. The van der Waals surface area contributed by atoms with Gasteiger partial charge in [-0.15, -0.1) is 0 Å². The molecule has 0 rings (SSSR count). The lowest BCUT2D eigenvalue weighted by atomic mass is 10.0. The van der Waals surface area contributed by atoms with Crippen molar-refractivity contribution in [3.05, 3.63) is 0 Å². The molecule has 0 bridgehead atoms. The Balaban J connectivity index is 3.34. The standard InChI is InChI=1S/C12H27NO/c1-5-8-12(4,14)10-13-9-6-7-11(2)3/h11,13-14H,5-10H2,1-4H3. The van der Waals surface area contributed by atoms with Gasteiger partial charge in [-0.05, 0) is 38.6 Å². The Hall–Kier alpha value is -0.0800. The van der Waals surface area contributed by atoms with Crippen LogP contribution in [0.1, 0.15) is 53.4 Å². The Morgan fingerprint density at radius 1 is 1.36 bits per heavy atom. The van der Waals surface area contributed by atoms with Gasteiger partial charge in [0.2, 0.25) is 0 Å². The molecular weight excluding hydrogens is 174 g/mol. The van der Waals surface area contributed by atoms with Crippen molar-refractivity contribution in [1.82, 2.24) is 5.32 Å². The maximum Gasteiger partial charge on any atom is 0.0743 e.